The van der Waals surface area contributed by atoms with Crippen LogP contribution < -0.4 is 0 Å². The number of unbranched alkanes of at least 4 members (excludes halogenated alkanes) is 2. The molecule has 0 aromatic heterocycles. The molecular formula is C22H30FNO. The van der Waals surface area contributed by atoms with Crippen LogP contribution in [0.4, 0.5) is 4.39 Å². The average molecular weight is 343 g/mol. The predicted molar refractivity (Wildman–Crippen MR) is 102 cm³/mol. The maximum absolute atomic E-state index is 14.4. The average Bonchev–Trinajstić information content (AvgIpc) is 2.63. The molecule has 0 fully saturated rings. The molecule has 0 radical (unpaired) electrons. The van der Waals surface area contributed by atoms with E-state index in [1.807, 2.05) is 36.4 Å². The molecule has 0 amide bonds. The predicted octanol–water partition coefficient (Wildman–Crippen LogP) is 5.23. The first kappa shape index (κ1) is 19.6. The van der Waals surface area contributed by atoms with Crippen LogP contribution >= 0.6 is 0 Å². The highest BCUT2D eigenvalue weighted by Crippen LogP contribution is 2.12. The van der Waals surface area contributed by atoms with E-state index in [1.165, 1.54) is 11.1 Å². The number of halogens is 1. The van der Waals surface area contributed by atoms with Crippen LogP contribution in [0.5, 0.6) is 0 Å². The molecule has 136 valence electrons. The highest BCUT2D eigenvalue weighted by Gasteiger charge is 2.14. The normalized spacial score (nSPS) is 12.4. The Balaban J connectivity index is 1.87. The first-order valence-electron chi connectivity index (χ1n) is 9.30. The summed E-state index contributed by atoms with van der Waals surface area (Å²) in [7, 11) is 0. The minimum atomic E-state index is -0.964. The Kier molecular flexibility index (Phi) is 9.24. The molecule has 1 unspecified atom stereocenters. The van der Waals surface area contributed by atoms with Gasteiger partial charge in [-0.1, -0.05) is 80.4 Å². The van der Waals surface area contributed by atoms with Crippen LogP contribution in [0.15, 0.2) is 60.7 Å². The number of alkyl halides is 1. The van der Waals surface area contributed by atoms with Crippen molar-refractivity contribution in [2.45, 2.75) is 45.4 Å². The van der Waals surface area contributed by atoms with E-state index < -0.39 is 6.17 Å². The second kappa shape index (κ2) is 11.8. The molecule has 2 nitrogen and oxygen atoms in total. The summed E-state index contributed by atoms with van der Waals surface area (Å²) in [5, 5.41) is 0. The van der Waals surface area contributed by atoms with Gasteiger partial charge in [0.1, 0.15) is 6.17 Å². The quantitative estimate of drug-likeness (QED) is 0.489. The molecule has 0 N–H and O–H groups in total. The van der Waals surface area contributed by atoms with Gasteiger partial charge in [-0.2, -0.15) is 0 Å². The zero-order valence-electron chi connectivity index (χ0n) is 15.2. The van der Waals surface area contributed by atoms with Gasteiger partial charge in [0.15, 0.2) is 0 Å². The minimum absolute atomic E-state index is 0.184. The second-order valence-electron chi connectivity index (χ2n) is 6.52. The van der Waals surface area contributed by atoms with E-state index in [2.05, 4.69) is 36.1 Å². The number of hydrogen-bond donors (Lipinski definition) is 0. The van der Waals surface area contributed by atoms with Crippen LogP contribution in [0.3, 0.4) is 0 Å². The first-order valence-corrected chi connectivity index (χ1v) is 9.30. The van der Waals surface area contributed by atoms with Crippen molar-refractivity contribution in [2.24, 2.45) is 0 Å². The molecule has 25 heavy (non-hydrogen) atoms. The number of ether oxygens (including phenoxy) is 1. The van der Waals surface area contributed by atoms with Gasteiger partial charge in [-0.25, -0.2) is 4.39 Å². The molecule has 0 saturated carbocycles. The summed E-state index contributed by atoms with van der Waals surface area (Å²) in [4.78, 5) is 2.16. The monoisotopic (exact) mass is 343 g/mol. The van der Waals surface area contributed by atoms with E-state index in [-0.39, 0.29) is 6.61 Å². The molecule has 2 aromatic rings. The lowest BCUT2D eigenvalue weighted by Crippen LogP contribution is -2.32. The summed E-state index contributed by atoms with van der Waals surface area (Å²) in [6, 6.07) is 20.5. The highest BCUT2D eigenvalue weighted by atomic mass is 19.1. The second-order valence-corrected chi connectivity index (χ2v) is 6.52. The Bertz CT molecular complexity index is 519. The summed E-state index contributed by atoms with van der Waals surface area (Å²) in [5.41, 5.74) is 2.41. The summed E-state index contributed by atoms with van der Waals surface area (Å²) in [5.74, 6) is 0. The third-order valence-corrected chi connectivity index (χ3v) is 4.15. The van der Waals surface area contributed by atoms with Gasteiger partial charge in [-0.15, -0.1) is 0 Å². The van der Waals surface area contributed by atoms with Crippen molar-refractivity contribution in [2.75, 3.05) is 19.8 Å². The van der Waals surface area contributed by atoms with Gasteiger partial charge in [0.05, 0.1) is 6.61 Å². The van der Waals surface area contributed by atoms with Gasteiger partial charge in [0.25, 0.3) is 0 Å². The van der Waals surface area contributed by atoms with E-state index in [0.29, 0.717) is 13.2 Å². The lowest BCUT2D eigenvalue weighted by atomic mass is 10.1. The molecule has 0 aliphatic carbocycles. The van der Waals surface area contributed by atoms with Crippen LogP contribution in [-0.2, 0) is 17.8 Å². The third kappa shape index (κ3) is 8.28. The lowest BCUT2D eigenvalue weighted by Gasteiger charge is -2.24. The van der Waals surface area contributed by atoms with Crippen LogP contribution in [0, 0.1) is 0 Å². The smallest absolute Gasteiger partial charge is 0.136 e. The van der Waals surface area contributed by atoms with E-state index in [4.69, 9.17) is 4.74 Å². The van der Waals surface area contributed by atoms with Crippen molar-refractivity contribution >= 4 is 0 Å². The van der Waals surface area contributed by atoms with Crippen molar-refractivity contribution in [3.8, 4) is 0 Å². The van der Waals surface area contributed by atoms with Crippen molar-refractivity contribution in [1.29, 1.82) is 0 Å². The summed E-state index contributed by atoms with van der Waals surface area (Å²) < 4.78 is 19.9. The Morgan fingerprint density at radius 2 is 1.44 bits per heavy atom. The van der Waals surface area contributed by atoms with Crippen molar-refractivity contribution < 1.29 is 9.13 Å². The number of benzene rings is 2. The van der Waals surface area contributed by atoms with Crippen molar-refractivity contribution in [3.05, 3.63) is 71.8 Å². The summed E-state index contributed by atoms with van der Waals surface area (Å²) >= 11 is 0. The number of nitrogens with zero attached hydrogens (tertiary/aromatic N) is 1. The Morgan fingerprint density at radius 1 is 0.880 bits per heavy atom. The zero-order valence-corrected chi connectivity index (χ0v) is 15.2. The van der Waals surface area contributed by atoms with Crippen LogP contribution in [0.25, 0.3) is 0 Å². The van der Waals surface area contributed by atoms with Crippen LogP contribution in [-0.4, -0.2) is 30.8 Å². The standard InChI is InChI=1S/C22H30FNO/c1-2-3-10-15-25-19-22(23)18-24(16-20-11-6-4-7-12-20)17-21-13-8-5-9-14-21/h4-9,11-14,22H,2-3,10,15-19H2,1H3. The molecule has 2 aromatic carbocycles. The molecule has 0 saturated heterocycles. The van der Waals surface area contributed by atoms with E-state index in [9.17, 15) is 4.39 Å². The number of rotatable bonds is 12. The van der Waals surface area contributed by atoms with Gasteiger partial charge < -0.3 is 4.74 Å². The topological polar surface area (TPSA) is 12.5 Å². The fourth-order valence-corrected chi connectivity index (χ4v) is 2.87. The van der Waals surface area contributed by atoms with E-state index in [1.54, 1.807) is 0 Å². The SMILES string of the molecule is CCCCCOCC(F)CN(Cc1ccccc1)Cc1ccccc1. The van der Waals surface area contributed by atoms with Gasteiger partial charge in [-0.3, -0.25) is 4.90 Å². The summed E-state index contributed by atoms with van der Waals surface area (Å²) in [6.45, 7) is 4.87. The maximum atomic E-state index is 14.4. The van der Waals surface area contributed by atoms with E-state index in [0.717, 1.165) is 32.4 Å². The number of hydrogen-bond acceptors (Lipinski definition) is 2. The van der Waals surface area contributed by atoms with Gasteiger partial charge >= 0.3 is 0 Å². The van der Waals surface area contributed by atoms with Gasteiger partial charge in [-0.05, 0) is 17.5 Å². The Morgan fingerprint density at radius 3 is 1.96 bits per heavy atom. The molecule has 1 atom stereocenters. The molecule has 0 heterocycles. The molecule has 0 bridgehead atoms. The molecule has 0 aliphatic heterocycles. The van der Waals surface area contributed by atoms with Crippen molar-refractivity contribution in [1.82, 2.24) is 4.90 Å². The molecular weight excluding hydrogens is 313 g/mol. The third-order valence-electron chi connectivity index (χ3n) is 4.15. The van der Waals surface area contributed by atoms with Crippen LogP contribution in [0.2, 0.25) is 0 Å². The summed E-state index contributed by atoms with van der Waals surface area (Å²) in [6.07, 6.45) is 2.35. The highest BCUT2D eigenvalue weighted by molar-refractivity contribution is 5.17. The minimum Gasteiger partial charge on any atom is -0.378 e. The van der Waals surface area contributed by atoms with E-state index >= 15 is 0 Å². The van der Waals surface area contributed by atoms with Gasteiger partial charge in [0, 0.05) is 26.2 Å². The van der Waals surface area contributed by atoms with Crippen molar-refractivity contribution in [3.63, 3.8) is 0 Å². The Labute approximate surface area is 151 Å². The molecule has 3 heteroatoms. The molecule has 0 spiro atoms. The zero-order chi connectivity index (χ0) is 17.7. The maximum Gasteiger partial charge on any atom is 0.136 e. The first-order chi connectivity index (χ1) is 12.3. The fourth-order valence-electron chi connectivity index (χ4n) is 2.87. The largest absolute Gasteiger partial charge is 0.378 e. The Hall–Kier alpha value is -1.71. The molecule has 0 aliphatic rings. The fraction of sp³-hybridized carbons (Fsp3) is 0.455. The lowest BCUT2D eigenvalue weighted by molar-refractivity contribution is 0.0563. The molecule has 2 rings (SSSR count). The van der Waals surface area contributed by atoms with Crippen LogP contribution in [0.1, 0.15) is 37.3 Å². The van der Waals surface area contributed by atoms with Gasteiger partial charge in [0.2, 0.25) is 0 Å².